The molecule has 0 saturated carbocycles. The number of rotatable bonds is 4. The lowest BCUT2D eigenvalue weighted by molar-refractivity contribution is -0.117. The summed E-state index contributed by atoms with van der Waals surface area (Å²) < 4.78 is 10.2. The highest BCUT2D eigenvalue weighted by Gasteiger charge is 2.19. The van der Waals surface area contributed by atoms with Crippen molar-refractivity contribution in [3.05, 3.63) is 35.4 Å². The first kappa shape index (κ1) is 14.4. The summed E-state index contributed by atoms with van der Waals surface area (Å²) in [7, 11) is 3.18. The molecule has 0 aliphatic carbocycles. The lowest BCUT2D eigenvalue weighted by Crippen LogP contribution is -2.30. The maximum atomic E-state index is 6.01. The predicted octanol–water partition coefficient (Wildman–Crippen LogP) is 2.04. The van der Waals surface area contributed by atoms with Crippen LogP contribution in [0.25, 0.3) is 0 Å². The number of aryl methyl sites for hydroxylation is 1. The van der Waals surface area contributed by atoms with Gasteiger partial charge in [-0.1, -0.05) is 24.3 Å². The maximum Gasteiger partial charge on any atom is 0.176 e. The molecule has 0 aromatic heterocycles. The van der Waals surface area contributed by atoms with Crippen LogP contribution in [0.1, 0.15) is 17.2 Å². The average molecular weight is 232 g/mol. The van der Waals surface area contributed by atoms with Crippen LogP contribution in [-0.4, -0.2) is 20.5 Å². The van der Waals surface area contributed by atoms with Gasteiger partial charge in [-0.2, -0.15) is 0 Å². The monoisotopic (exact) mass is 231 g/mol. The minimum atomic E-state index is -0.393. The van der Waals surface area contributed by atoms with Crippen LogP contribution in [0, 0.1) is 6.92 Å². The van der Waals surface area contributed by atoms with Crippen LogP contribution in [-0.2, 0) is 9.47 Å². The Labute approximate surface area is 97.0 Å². The Hall–Kier alpha value is -0.610. The lowest BCUT2D eigenvalue weighted by Gasteiger charge is -2.22. The molecule has 1 aromatic carbocycles. The van der Waals surface area contributed by atoms with Crippen molar-refractivity contribution in [3.8, 4) is 0 Å². The van der Waals surface area contributed by atoms with Crippen LogP contribution in [0.4, 0.5) is 0 Å². The molecule has 0 aliphatic heterocycles. The van der Waals surface area contributed by atoms with Gasteiger partial charge >= 0.3 is 0 Å². The number of hydrogen-bond donors (Lipinski definition) is 1. The molecular formula is C11H18ClNO2. The van der Waals surface area contributed by atoms with Crippen molar-refractivity contribution >= 4 is 12.4 Å². The van der Waals surface area contributed by atoms with Gasteiger partial charge in [0.15, 0.2) is 6.29 Å². The number of benzene rings is 1. The van der Waals surface area contributed by atoms with E-state index in [1.54, 1.807) is 14.2 Å². The third kappa shape index (κ3) is 3.47. The summed E-state index contributed by atoms with van der Waals surface area (Å²) in [6.45, 7) is 2.03. The molecule has 0 bridgehead atoms. The molecule has 0 fully saturated rings. The van der Waals surface area contributed by atoms with E-state index >= 15 is 0 Å². The molecule has 1 rings (SSSR count). The van der Waals surface area contributed by atoms with Gasteiger partial charge in [0, 0.05) is 14.2 Å². The molecule has 0 spiro atoms. The van der Waals surface area contributed by atoms with Crippen LogP contribution < -0.4 is 5.73 Å². The highest BCUT2D eigenvalue weighted by Crippen LogP contribution is 2.19. The van der Waals surface area contributed by atoms with Crippen LogP contribution >= 0.6 is 12.4 Å². The first-order chi connectivity index (χ1) is 6.70. The minimum Gasteiger partial charge on any atom is -0.354 e. The maximum absolute atomic E-state index is 6.01. The molecular weight excluding hydrogens is 214 g/mol. The van der Waals surface area contributed by atoms with Crippen LogP contribution in [0.15, 0.2) is 24.3 Å². The average Bonchev–Trinajstić information content (AvgIpc) is 2.20. The van der Waals surface area contributed by atoms with Gasteiger partial charge in [-0.25, -0.2) is 0 Å². The molecule has 0 heterocycles. The van der Waals surface area contributed by atoms with Gasteiger partial charge in [0.05, 0.1) is 6.04 Å². The molecule has 4 heteroatoms. The Morgan fingerprint density at radius 1 is 1.13 bits per heavy atom. The van der Waals surface area contributed by atoms with E-state index < -0.39 is 6.29 Å². The lowest BCUT2D eigenvalue weighted by atomic mass is 10.0. The second-order valence-electron chi connectivity index (χ2n) is 3.22. The molecule has 0 radical (unpaired) electrons. The Morgan fingerprint density at radius 2 is 1.67 bits per heavy atom. The third-order valence-corrected chi connectivity index (χ3v) is 2.31. The summed E-state index contributed by atoms with van der Waals surface area (Å²) >= 11 is 0. The van der Waals surface area contributed by atoms with Crippen LogP contribution in [0.3, 0.4) is 0 Å². The Kier molecular flexibility index (Phi) is 6.52. The van der Waals surface area contributed by atoms with Gasteiger partial charge in [0.1, 0.15) is 0 Å². The summed E-state index contributed by atoms with van der Waals surface area (Å²) in [4.78, 5) is 0. The van der Waals surface area contributed by atoms with Crippen LogP contribution in [0.5, 0.6) is 0 Å². The van der Waals surface area contributed by atoms with Crippen LogP contribution in [0.2, 0.25) is 0 Å². The topological polar surface area (TPSA) is 44.5 Å². The molecule has 2 N–H and O–H groups in total. The van der Waals surface area contributed by atoms with E-state index in [-0.39, 0.29) is 18.4 Å². The van der Waals surface area contributed by atoms with E-state index in [1.165, 1.54) is 0 Å². The quantitative estimate of drug-likeness (QED) is 0.807. The number of halogens is 1. The molecule has 15 heavy (non-hydrogen) atoms. The van der Waals surface area contributed by atoms with Gasteiger partial charge in [0.25, 0.3) is 0 Å². The van der Waals surface area contributed by atoms with Crippen molar-refractivity contribution < 1.29 is 9.47 Å². The highest BCUT2D eigenvalue weighted by atomic mass is 35.5. The first-order valence-electron chi connectivity index (χ1n) is 4.57. The van der Waals surface area contributed by atoms with E-state index in [2.05, 4.69) is 0 Å². The first-order valence-corrected chi connectivity index (χ1v) is 4.57. The zero-order valence-corrected chi connectivity index (χ0v) is 10.1. The van der Waals surface area contributed by atoms with Crippen molar-refractivity contribution in [2.24, 2.45) is 5.73 Å². The van der Waals surface area contributed by atoms with Crippen molar-refractivity contribution in [2.75, 3.05) is 14.2 Å². The highest BCUT2D eigenvalue weighted by molar-refractivity contribution is 5.85. The van der Waals surface area contributed by atoms with Gasteiger partial charge in [-0.3, -0.25) is 0 Å². The largest absolute Gasteiger partial charge is 0.354 e. The fourth-order valence-electron chi connectivity index (χ4n) is 1.50. The zero-order valence-electron chi connectivity index (χ0n) is 9.27. The van der Waals surface area contributed by atoms with Crippen molar-refractivity contribution in [2.45, 2.75) is 19.3 Å². The van der Waals surface area contributed by atoms with Crippen molar-refractivity contribution in [1.82, 2.24) is 0 Å². The van der Waals surface area contributed by atoms with E-state index in [1.807, 2.05) is 31.2 Å². The molecule has 1 atom stereocenters. The zero-order chi connectivity index (χ0) is 10.6. The summed E-state index contributed by atoms with van der Waals surface area (Å²) in [6, 6.07) is 7.72. The molecule has 1 unspecified atom stereocenters. The summed E-state index contributed by atoms with van der Waals surface area (Å²) in [5, 5.41) is 0. The van der Waals surface area contributed by atoms with E-state index in [4.69, 9.17) is 15.2 Å². The molecule has 3 nitrogen and oxygen atoms in total. The van der Waals surface area contributed by atoms with Gasteiger partial charge in [0.2, 0.25) is 0 Å². The summed E-state index contributed by atoms with van der Waals surface area (Å²) in [6.07, 6.45) is -0.393. The van der Waals surface area contributed by atoms with Gasteiger partial charge in [-0.05, 0) is 18.1 Å². The molecule has 86 valence electrons. The number of methoxy groups -OCH3 is 2. The van der Waals surface area contributed by atoms with E-state index in [0.717, 1.165) is 11.1 Å². The Balaban J connectivity index is 0.00000196. The SMILES string of the molecule is COC(OC)C(N)c1ccccc1C.Cl. The van der Waals surface area contributed by atoms with Gasteiger partial charge in [-0.15, -0.1) is 12.4 Å². The second-order valence-corrected chi connectivity index (χ2v) is 3.22. The summed E-state index contributed by atoms with van der Waals surface area (Å²) in [5.41, 5.74) is 8.22. The molecule has 1 aromatic rings. The van der Waals surface area contributed by atoms with Crippen molar-refractivity contribution in [1.29, 1.82) is 0 Å². The third-order valence-electron chi connectivity index (χ3n) is 2.31. The fourth-order valence-corrected chi connectivity index (χ4v) is 1.50. The molecule has 0 saturated heterocycles. The van der Waals surface area contributed by atoms with E-state index in [9.17, 15) is 0 Å². The molecule has 0 aliphatic rings. The molecule has 0 amide bonds. The standard InChI is InChI=1S/C11H17NO2.ClH/c1-8-6-4-5-7-9(8)10(12)11(13-2)14-3;/h4-7,10-11H,12H2,1-3H3;1H. The number of hydrogen-bond acceptors (Lipinski definition) is 3. The summed E-state index contributed by atoms with van der Waals surface area (Å²) in [5.74, 6) is 0. The number of nitrogens with two attached hydrogens (primary N) is 1. The van der Waals surface area contributed by atoms with E-state index in [0.29, 0.717) is 0 Å². The predicted molar refractivity (Wildman–Crippen MR) is 63.2 cm³/mol. The minimum absolute atomic E-state index is 0. The number of ether oxygens (including phenoxy) is 2. The normalized spacial score (nSPS) is 12.3. The smallest absolute Gasteiger partial charge is 0.176 e. The second kappa shape index (κ2) is 6.80. The van der Waals surface area contributed by atoms with Gasteiger partial charge < -0.3 is 15.2 Å². The fraction of sp³-hybridized carbons (Fsp3) is 0.455. The Morgan fingerprint density at radius 3 is 2.13 bits per heavy atom. The van der Waals surface area contributed by atoms with Crippen molar-refractivity contribution in [3.63, 3.8) is 0 Å². The Bertz CT molecular complexity index is 290.